The molecule has 4 aromatic rings. The van der Waals surface area contributed by atoms with E-state index in [9.17, 15) is 24.3 Å². The van der Waals surface area contributed by atoms with Crippen LogP contribution >= 0.6 is 23.2 Å². The first-order chi connectivity index (χ1) is 15.2. The van der Waals surface area contributed by atoms with Crippen molar-refractivity contribution < 1.29 is 23.8 Å². The number of nitrogens with zero attached hydrogens (tertiary/aromatic N) is 2. The first kappa shape index (κ1) is 21.6. The SMILES string of the molecule is O=C(Nc1c(Cl)c[n+]([O-])cc1Cl)C(=O)c1cn(Cc2ccc(F)cc2)c2ccc(O)cc12. The van der Waals surface area contributed by atoms with Crippen molar-refractivity contribution in [2.75, 3.05) is 5.32 Å². The summed E-state index contributed by atoms with van der Waals surface area (Å²) in [7, 11) is 0. The zero-order valence-corrected chi connectivity index (χ0v) is 17.7. The summed E-state index contributed by atoms with van der Waals surface area (Å²) < 4.78 is 15.3. The number of nitrogens with one attached hydrogen (secondary N) is 1. The summed E-state index contributed by atoms with van der Waals surface area (Å²) in [5, 5.41) is 23.7. The fraction of sp³-hybridized carbons (Fsp3) is 0.0455. The molecule has 2 heterocycles. The maximum Gasteiger partial charge on any atom is 0.296 e. The van der Waals surface area contributed by atoms with Crippen LogP contribution in [-0.4, -0.2) is 21.4 Å². The number of benzene rings is 2. The first-order valence-corrected chi connectivity index (χ1v) is 9.98. The van der Waals surface area contributed by atoms with Gasteiger partial charge in [0.15, 0.2) is 0 Å². The predicted molar refractivity (Wildman–Crippen MR) is 117 cm³/mol. The number of phenols is 1. The van der Waals surface area contributed by atoms with Gasteiger partial charge in [0.05, 0.1) is 11.3 Å². The molecule has 0 spiro atoms. The number of hydrogen-bond acceptors (Lipinski definition) is 4. The molecule has 32 heavy (non-hydrogen) atoms. The predicted octanol–water partition coefficient (Wildman–Crippen LogP) is 4.30. The lowest BCUT2D eigenvalue weighted by Gasteiger charge is -2.08. The number of carbonyl (C=O) groups is 2. The van der Waals surface area contributed by atoms with Crippen molar-refractivity contribution in [1.82, 2.24) is 4.57 Å². The van der Waals surface area contributed by atoms with Crippen LogP contribution in [0.3, 0.4) is 0 Å². The van der Waals surface area contributed by atoms with Gasteiger partial charge in [0.1, 0.15) is 21.6 Å². The number of fused-ring (bicyclic) bond motifs is 1. The molecule has 0 aliphatic rings. The van der Waals surface area contributed by atoms with Crippen LogP contribution in [0.2, 0.25) is 10.0 Å². The molecule has 4 rings (SSSR count). The molecule has 0 unspecified atom stereocenters. The van der Waals surface area contributed by atoms with Crippen LogP contribution in [0, 0.1) is 11.0 Å². The molecular formula is C22H14Cl2FN3O4. The van der Waals surface area contributed by atoms with Gasteiger partial charge in [-0.2, -0.15) is 4.73 Å². The normalized spacial score (nSPS) is 11.0. The minimum absolute atomic E-state index is 0.0394. The van der Waals surface area contributed by atoms with E-state index in [2.05, 4.69) is 5.32 Å². The molecule has 0 fully saturated rings. The standard InChI is InChI=1S/C22H14Cl2FN3O4/c23-17-10-28(32)11-18(24)20(17)26-22(31)21(30)16-9-27(8-12-1-3-13(25)4-2-12)19-6-5-14(29)7-15(16)19/h1-7,9-11,29H,8H2,(H,26,31). The topological polar surface area (TPSA) is 98.3 Å². The Morgan fingerprint density at radius 2 is 1.75 bits per heavy atom. The first-order valence-electron chi connectivity index (χ1n) is 9.22. The van der Waals surface area contributed by atoms with E-state index >= 15 is 0 Å². The average molecular weight is 474 g/mol. The van der Waals surface area contributed by atoms with Crippen LogP contribution in [0.15, 0.2) is 61.1 Å². The fourth-order valence-corrected chi connectivity index (χ4v) is 3.84. The molecule has 2 aromatic heterocycles. The van der Waals surface area contributed by atoms with E-state index in [-0.39, 0.29) is 32.9 Å². The van der Waals surface area contributed by atoms with E-state index in [1.165, 1.54) is 30.5 Å². The third-order valence-corrected chi connectivity index (χ3v) is 5.35. The number of aromatic nitrogens is 2. The number of hydrogen-bond donors (Lipinski definition) is 2. The third-order valence-electron chi connectivity index (χ3n) is 4.78. The highest BCUT2D eigenvalue weighted by atomic mass is 35.5. The van der Waals surface area contributed by atoms with Crippen molar-refractivity contribution in [1.29, 1.82) is 0 Å². The van der Waals surface area contributed by atoms with Crippen LogP contribution in [-0.2, 0) is 11.3 Å². The number of amides is 1. The van der Waals surface area contributed by atoms with Crippen molar-refractivity contribution in [3.8, 4) is 5.75 Å². The Morgan fingerprint density at radius 3 is 2.41 bits per heavy atom. The molecule has 0 radical (unpaired) electrons. The number of pyridine rings is 1. The Bertz CT molecular complexity index is 1350. The Hall–Kier alpha value is -3.62. The van der Waals surface area contributed by atoms with E-state index in [1.54, 1.807) is 22.8 Å². The molecule has 0 atom stereocenters. The average Bonchev–Trinajstić information content (AvgIpc) is 3.08. The number of anilines is 1. The molecule has 0 aliphatic heterocycles. The van der Waals surface area contributed by atoms with Crippen LogP contribution in [0.1, 0.15) is 15.9 Å². The van der Waals surface area contributed by atoms with Gasteiger partial charge in [-0.25, -0.2) is 4.39 Å². The van der Waals surface area contributed by atoms with Gasteiger partial charge < -0.3 is 20.2 Å². The van der Waals surface area contributed by atoms with E-state index < -0.39 is 11.7 Å². The molecule has 2 N–H and O–H groups in total. The Balaban J connectivity index is 1.70. The van der Waals surface area contributed by atoms with E-state index in [0.717, 1.165) is 18.0 Å². The molecule has 10 heteroatoms. The number of halogens is 3. The maximum absolute atomic E-state index is 13.2. The summed E-state index contributed by atoms with van der Waals surface area (Å²) >= 11 is 11.9. The van der Waals surface area contributed by atoms with Crippen molar-refractivity contribution in [3.05, 3.63) is 93.3 Å². The smallest absolute Gasteiger partial charge is 0.296 e. The highest BCUT2D eigenvalue weighted by molar-refractivity contribution is 6.50. The summed E-state index contributed by atoms with van der Waals surface area (Å²) in [6.45, 7) is 0.302. The molecule has 7 nitrogen and oxygen atoms in total. The lowest BCUT2D eigenvalue weighted by atomic mass is 10.1. The zero-order valence-electron chi connectivity index (χ0n) is 16.2. The van der Waals surface area contributed by atoms with Crippen molar-refractivity contribution in [3.63, 3.8) is 0 Å². The lowest BCUT2D eigenvalue weighted by Crippen LogP contribution is -2.27. The van der Waals surface area contributed by atoms with Crippen LogP contribution < -0.4 is 10.0 Å². The second-order valence-electron chi connectivity index (χ2n) is 6.97. The van der Waals surface area contributed by atoms with Gasteiger partial charge in [-0.3, -0.25) is 9.59 Å². The van der Waals surface area contributed by atoms with Gasteiger partial charge >= 0.3 is 0 Å². The highest BCUT2D eigenvalue weighted by Gasteiger charge is 2.24. The maximum atomic E-state index is 13.2. The summed E-state index contributed by atoms with van der Waals surface area (Å²) in [5.74, 6) is -2.38. The molecule has 2 aromatic carbocycles. The number of ketones is 1. The summed E-state index contributed by atoms with van der Waals surface area (Å²) in [6.07, 6.45) is 3.45. The molecule has 0 saturated carbocycles. The molecule has 0 bridgehead atoms. The molecule has 162 valence electrons. The number of Topliss-reactive ketones (excluding diaryl/α,β-unsaturated/α-hetero) is 1. The number of rotatable bonds is 5. The fourth-order valence-electron chi connectivity index (χ4n) is 3.30. The zero-order chi connectivity index (χ0) is 23.0. The largest absolute Gasteiger partial charge is 0.619 e. The van der Waals surface area contributed by atoms with Gasteiger partial charge in [-0.1, -0.05) is 35.3 Å². The lowest BCUT2D eigenvalue weighted by molar-refractivity contribution is -0.605. The van der Waals surface area contributed by atoms with Crippen LogP contribution in [0.5, 0.6) is 5.75 Å². The Morgan fingerprint density at radius 1 is 1.09 bits per heavy atom. The summed E-state index contributed by atoms with van der Waals surface area (Å²) in [6, 6.07) is 10.3. The summed E-state index contributed by atoms with van der Waals surface area (Å²) in [5.41, 5.74) is 1.33. The highest BCUT2D eigenvalue weighted by Crippen LogP contribution is 2.30. The van der Waals surface area contributed by atoms with Gasteiger partial charge in [-0.15, -0.1) is 0 Å². The molecule has 0 aliphatic carbocycles. The van der Waals surface area contributed by atoms with Crippen LogP contribution in [0.4, 0.5) is 10.1 Å². The quantitative estimate of drug-likeness (QED) is 0.195. The Kier molecular flexibility index (Phi) is 5.73. The number of aromatic hydroxyl groups is 1. The van der Waals surface area contributed by atoms with Gasteiger partial charge in [0, 0.05) is 23.6 Å². The summed E-state index contributed by atoms with van der Waals surface area (Å²) in [4.78, 5) is 25.6. The molecular weight excluding hydrogens is 460 g/mol. The van der Waals surface area contributed by atoms with Crippen molar-refractivity contribution in [2.24, 2.45) is 0 Å². The minimum Gasteiger partial charge on any atom is -0.619 e. The van der Waals surface area contributed by atoms with Gasteiger partial charge in [-0.05, 0) is 35.9 Å². The second kappa shape index (κ2) is 8.49. The molecule has 1 amide bonds. The minimum atomic E-state index is -1.03. The number of phenolic OH excluding ortho intramolecular Hbond substituents is 1. The van der Waals surface area contributed by atoms with E-state index in [4.69, 9.17) is 23.2 Å². The molecule has 0 saturated heterocycles. The van der Waals surface area contributed by atoms with Gasteiger partial charge in [0.2, 0.25) is 12.4 Å². The second-order valence-corrected chi connectivity index (χ2v) is 7.79. The van der Waals surface area contributed by atoms with E-state index in [1.807, 2.05) is 0 Å². The van der Waals surface area contributed by atoms with Crippen molar-refractivity contribution >= 4 is 51.5 Å². The Labute approximate surface area is 190 Å². The van der Waals surface area contributed by atoms with E-state index in [0.29, 0.717) is 22.2 Å². The number of carbonyl (C=O) groups excluding carboxylic acids is 2. The van der Waals surface area contributed by atoms with Gasteiger partial charge in [0.25, 0.3) is 11.7 Å². The van der Waals surface area contributed by atoms with Crippen LogP contribution in [0.25, 0.3) is 10.9 Å². The van der Waals surface area contributed by atoms with Crippen molar-refractivity contribution in [2.45, 2.75) is 6.54 Å². The monoisotopic (exact) mass is 473 g/mol. The third kappa shape index (κ3) is 4.23.